The molecule has 8 heteroatoms. The van der Waals surface area contributed by atoms with Gasteiger partial charge >= 0.3 is 22.4 Å². The zero-order valence-electron chi connectivity index (χ0n) is 6.70. The molecule has 0 spiro atoms. The number of aliphatic hydroxyl groups is 4. The van der Waals surface area contributed by atoms with Crippen LogP contribution in [-0.2, 0) is 32.0 Å². The van der Waals surface area contributed by atoms with Crippen LogP contribution in [0.4, 0.5) is 0 Å². The Labute approximate surface area is 94.5 Å². The third-order valence-corrected chi connectivity index (χ3v) is 1.40. The molecule has 0 amide bonds. The van der Waals surface area contributed by atoms with Crippen molar-refractivity contribution in [2.75, 3.05) is 0 Å². The molecule has 4 N–H and O–H groups in total. The van der Waals surface area contributed by atoms with Gasteiger partial charge in [0, 0.05) is 0 Å². The summed E-state index contributed by atoms with van der Waals surface area (Å²) >= 11 is 0. The van der Waals surface area contributed by atoms with E-state index < -0.39 is 30.4 Å². The number of carbonyl (C=O) groups excluding carboxylic acids is 2. The SMILES string of the molecule is O=C[C@H](O)[C@@H](O)[C@@H](O)[C@H](O)C(=O)[O-].[Ag+]. The molecule has 0 saturated heterocycles. The normalized spacial score (nSPS) is 18.6. The number of carboxylic acids is 1. The van der Waals surface area contributed by atoms with E-state index >= 15 is 0 Å². The number of rotatable bonds is 5. The van der Waals surface area contributed by atoms with Gasteiger partial charge in [-0.05, 0) is 0 Å². The van der Waals surface area contributed by atoms with Crippen molar-refractivity contribution in [2.24, 2.45) is 0 Å². The minimum atomic E-state index is -2.36. The van der Waals surface area contributed by atoms with E-state index in [1.165, 1.54) is 0 Å². The van der Waals surface area contributed by atoms with Crippen molar-refractivity contribution in [2.45, 2.75) is 24.4 Å². The average molecular weight is 301 g/mol. The van der Waals surface area contributed by atoms with E-state index in [0.717, 1.165) is 0 Å². The van der Waals surface area contributed by atoms with E-state index in [-0.39, 0.29) is 28.7 Å². The molecule has 0 aliphatic heterocycles. The number of aldehydes is 1. The Hall–Kier alpha value is -0.280. The molecule has 4 atom stereocenters. The Balaban J connectivity index is 0. The van der Waals surface area contributed by atoms with Gasteiger partial charge in [0.25, 0.3) is 0 Å². The maximum Gasteiger partial charge on any atom is 1.00 e. The predicted molar refractivity (Wildman–Crippen MR) is 35.1 cm³/mol. The first-order chi connectivity index (χ1) is 5.91. The maximum absolute atomic E-state index is 9.95. The Morgan fingerprint density at radius 2 is 1.57 bits per heavy atom. The second-order valence-corrected chi connectivity index (χ2v) is 2.37. The molecule has 7 nitrogen and oxygen atoms in total. The monoisotopic (exact) mass is 300 g/mol. The first kappa shape index (κ1) is 16.2. The summed E-state index contributed by atoms with van der Waals surface area (Å²) in [6.45, 7) is 0. The van der Waals surface area contributed by atoms with Crippen molar-refractivity contribution in [3.8, 4) is 0 Å². The first-order valence-corrected chi connectivity index (χ1v) is 3.30. The number of carbonyl (C=O) groups is 2. The van der Waals surface area contributed by atoms with Gasteiger partial charge in [0.15, 0.2) is 6.29 Å². The zero-order valence-corrected chi connectivity index (χ0v) is 8.18. The third kappa shape index (κ3) is 4.29. The summed E-state index contributed by atoms with van der Waals surface area (Å²) in [5.74, 6) is -2.01. The standard InChI is InChI=1S/C6H10O7.Ag/c7-1-2(8)3(9)4(10)5(11)6(12)13;/h1-5,8-11H,(H,12,13);/q;+1/p-1/t2-,3+,4+,5-;/m0./s1. The van der Waals surface area contributed by atoms with Crippen LogP contribution in [0.3, 0.4) is 0 Å². The van der Waals surface area contributed by atoms with Crippen LogP contribution in [0.25, 0.3) is 0 Å². The zero-order chi connectivity index (χ0) is 10.6. The van der Waals surface area contributed by atoms with E-state index in [1.54, 1.807) is 0 Å². The van der Waals surface area contributed by atoms with Gasteiger partial charge in [-0.2, -0.15) is 0 Å². The summed E-state index contributed by atoms with van der Waals surface area (Å²) in [4.78, 5) is 19.8. The number of carboxylic acid groups (broad SMARTS) is 1. The van der Waals surface area contributed by atoms with Crippen LogP contribution in [-0.4, -0.2) is 57.1 Å². The molecule has 0 bridgehead atoms. The van der Waals surface area contributed by atoms with Crippen LogP contribution in [0.15, 0.2) is 0 Å². The summed E-state index contributed by atoms with van der Waals surface area (Å²) in [6.07, 6.45) is -8.65. The topological polar surface area (TPSA) is 138 Å². The number of aliphatic carboxylic acids is 1. The van der Waals surface area contributed by atoms with Crippen molar-refractivity contribution >= 4 is 12.3 Å². The first-order valence-electron chi connectivity index (χ1n) is 3.30. The van der Waals surface area contributed by atoms with E-state index in [4.69, 9.17) is 20.4 Å². The van der Waals surface area contributed by atoms with Crippen LogP contribution in [0.5, 0.6) is 0 Å². The summed E-state index contributed by atoms with van der Waals surface area (Å²) in [5, 5.41) is 44.8. The fourth-order valence-corrected chi connectivity index (χ4v) is 0.609. The fourth-order valence-electron chi connectivity index (χ4n) is 0.609. The van der Waals surface area contributed by atoms with Crippen molar-refractivity contribution in [1.29, 1.82) is 0 Å². The molecule has 0 fully saturated rings. The molecule has 0 heterocycles. The van der Waals surface area contributed by atoms with Crippen LogP contribution >= 0.6 is 0 Å². The second-order valence-electron chi connectivity index (χ2n) is 2.37. The van der Waals surface area contributed by atoms with E-state index in [9.17, 15) is 14.7 Å². The largest absolute Gasteiger partial charge is 1.00 e. The summed E-state index contributed by atoms with van der Waals surface area (Å²) < 4.78 is 0. The molecule has 0 saturated carbocycles. The van der Waals surface area contributed by atoms with Crippen molar-refractivity contribution in [3.63, 3.8) is 0 Å². The number of hydrogen-bond donors (Lipinski definition) is 4. The molecule has 0 aromatic rings. The predicted octanol–water partition coefficient (Wildman–Crippen LogP) is -4.62. The van der Waals surface area contributed by atoms with Crippen molar-refractivity contribution in [1.82, 2.24) is 0 Å². The smallest absolute Gasteiger partial charge is 0.547 e. The van der Waals surface area contributed by atoms with Crippen LogP contribution < -0.4 is 5.11 Å². The van der Waals surface area contributed by atoms with Gasteiger partial charge in [-0.25, -0.2) is 0 Å². The molecule has 0 rings (SSSR count). The van der Waals surface area contributed by atoms with Crippen LogP contribution in [0.2, 0.25) is 0 Å². The van der Waals surface area contributed by atoms with E-state index in [0.29, 0.717) is 0 Å². The van der Waals surface area contributed by atoms with Crippen molar-refractivity contribution < 1.29 is 57.5 Å². The number of hydrogen-bond acceptors (Lipinski definition) is 7. The minimum absolute atomic E-state index is 0. The summed E-state index contributed by atoms with van der Waals surface area (Å²) in [6, 6.07) is 0. The molecular formula is C6H9AgO7. The van der Waals surface area contributed by atoms with Gasteiger partial charge in [0.05, 0.1) is 5.97 Å². The Morgan fingerprint density at radius 1 is 1.14 bits per heavy atom. The van der Waals surface area contributed by atoms with E-state index in [2.05, 4.69) is 0 Å². The molecule has 0 radical (unpaired) electrons. The summed E-state index contributed by atoms with van der Waals surface area (Å²) in [5.41, 5.74) is 0. The van der Waals surface area contributed by atoms with Crippen LogP contribution in [0, 0.1) is 0 Å². The number of aliphatic hydroxyl groups excluding tert-OH is 4. The van der Waals surface area contributed by atoms with Gasteiger partial charge in [-0.15, -0.1) is 0 Å². The molecule has 0 aliphatic carbocycles. The van der Waals surface area contributed by atoms with Gasteiger partial charge in [0.1, 0.15) is 24.4 Å². The van der Waals surface area contributed by atoms with Crippen molar-refractivity contribution in [3.05, 3.63) is 0 Å². The van der Waals surface area contributed by atoms with Gasteiger partial charge in [0.2, 0.25) is 0 Å². The summed E-state index contributed by atoms with van der Waals surface area (Å²) in [7, 11) is 0. The average Bonchev–Trinajstić information content (AvgIpc) is 2.12. The molecule has 0 unspecified atom stereocenters. The third-order valence-electron chi connectivity index (χ3n) is 1.40. The molecule has 0 aromatic carbocycles. The quantitative estimate of drug-likeness (QED) is 0.296. The van der Waals surface area contributed by atoms with Crippen LogP contribution in [0.1, 0.15) is 0 Å². The van der Waals surface area contributed by atoms with Gasteiger partial charge in [-0.3, -0.25) is 0 Å². The van der Waals surface area contributed by atoms with Gasteiger partial charge in [-0.1, -0.05) is 0 Å². The Bertz CT molecular complexity index is 197. The van der Waals surface area contributed by atoms with E-state index in [1.807, 2.05) is 0 Å². The van der Waals surface area contributed by atoms with Gasteiger partial charge < -0.3 is 35.1 Å². The molecule has 0 aliphatic rings. The molecule has 86 valence electrons. The maximum atomic E-state index is 9.95. The second kappa shape index (κ2) is 7.07. The molecule has 0 aromatic heterocycles. The minimum Gasteiger partial charge on any atom is -0.547 e. The molecular weight excluding hydrogens is 292 g/mol. The Kier molecular flexibility index (Phi) is 8.16. The molecule has 14 heavy (non-hydrogen) atoms. The Morgan fingerprint density at radius 3 is 1.86 bits per heavy atom. The fraction of sp³-hybridized carbons (Fsp3) is 0.667.